The van der Waals surface area contributed by atoms with Crippen molar-refractivity contribution in [2.45, 2.75) is 25.3 Å². The highest BCUT2D eigenvalue weighted by Crippen LogP contribution is 2.13. The first-order valence-electron chi connectivity index (χ1n) is 7.89. The number of nitrogens with two attached hydrogens (primary N) is 1. The second-order valence-electron chi connectivity index (χ2n) is 5.52. The predicted octanol–water partition coefficient (Wildman–Crippen LogP) is 3.26. The number of carbonyl (C=O) groups is 1. The zero-order valence-corrected chi connectivity index (χ0v) is 14.7. The molecule has 0 saturated heterocycles. The first-order chi connectivity index (χ1) is 11.2. The van der Waals surface area contributed by atoms with Gasteiger partial charge in [-0.3, -0.25) is 4.79 Å². The van der Waals surface area contributed by atoms with Crippen molar-refractivity contribution in [1.29, 1.82) is 0 Å². The van der Waals surface area contributed by atoms with Gasteiger partial charge in [0.2, 0.25) is 5.91 Å². The van der Waals surface area contributed by atoms with Gasteiger partial charge in [-0.2, -0.15) is 0 Å². The molecule has 130 valence electrons. The Hall–Kier alpha value is -2.04. The molecule has 0 bridgehead atoms. The molecule has 5 heteroatoms. The number of rotatable bonds is 8. The number of hydrogen-bond donors (Lipinski definition) is 2. The Bertz CT molecular complexity index is 603. The van der Waals surface area contributed by atoms with E-state index in [1.165, 1.54) is 5.56 Å². The number of methoxy groups -OCH3 is 1. The van der Waals surface area contributed by atoms with E-state index in [2.05, 4.69) is 5.32 Å². The van der Waals surface area contributed by atoms with Gasteiger partial charge in [-0.25, -0.2) is 0 Å². The zero-order valence-electron chi connectivity index (χ0n) is 13.9. The molecule has 2 aromatic carbocycles. The second kappa shape index (κ2) is 10.7. The molecule has 0 saturated carbocycles. The molecule has 1 atom stereocenters. The fourth-order valence-corrected chi connectivity index (χ4v) is 2.40. The molecule has 0 spiro atoms. The van der Waals surface area contributed by atoms with Gasteiger partial charge in [-0.1, -0.05) is 42.5 Å². The highest BCUT2D eigenvalue weighted by atomic mass is 35.5. The van der Waals surface area contributed by atoms with E-state index in [1.807, 2.05) is 54.6 Å². The van der Waals surface area contributed by atoms with Gasteiger partial charge in [0, 0.05) is 19.0 Å². The summed E-state index contributed by atoms with van der Waals surface area (Å²) in [6.07, 6.45) is 2.14. The normalized spacial score (nSPS) is 11.2. The van der Waals surface area contributed by atoms with Gasteiger partial charge in [0.05, 0.1) is 7.11 Å². The van der Waals surface area contributed by atoms with E-state index in [0.29, 0.717) is 13.0 Å². The molecule has 1 unspecified atom stereocenters. The third-order valence-electron chi connectivity index (χ3n) is 3.76. The average molecular weight is 349 g/mol. The van der Waals surface area contributed by atoms with Gasteiger partial charge in [0.1, 0.15) is 5.75 Å². The third-order valence-corrected chi connectivity index (χ3v) is 3.76. The summed E-state index contributed by atoms with van der Waals surface area (Å²) in [5.74, 6) is 0.855. The number of benzene rings is 2. The van der Waals surface area contributed by atoms with Crippen LogP contribution < -0.4 is 15.8 Å². The molecule has 1 amide bonds. The minimum atomic E-state index is -0.252. The van der Waals surface area contributed by atoms with Crippen molar-refractivity contribution in [3.05, 3.63) is 65.7 Å². The molecular formula is C19H25ClN2O2. The van der Waals surface area contributed by atoms with Gasteiger partial charge < -0.3 is 15.8 Å². The lowest BCUT2D eigenvalue weighted by Gasteiger charge is -2.12. The van der Waals surface area contributed by atoms with Gasteiger partial charge >= 0.3 is 0 Å². The Kier molecular flexibility index (Phi) is 8.90. The van der Waals surface area contributed by atoms with Crippen molar-refractivity contribution in [1.82, 2.24) is 5.32 Å². The number of amides is 1. The standard InChI is InChI=1S/C19H24N2O2.ClH/c1-23-17-11-9-15(10-12-17)6-5-13-21-19(22)14-18(20)16-7-3-2-4-8-16;/h2-4,7-12,18H,5-6,13-14,20H2,1H3,(H,21,22);1H. The Morgan fingerprint density at radius 2 is 1.79 bits per heavy atom. The molecule has 0 aliphatic heterocycles. The van der Waals surface area contributed by atoms with Crippen LogP contribution in [0, 0.1) is 0 Å². The van der Waals surface area contributed by atoms with Crippen molar-refractivity contribution in [2.75, 3.05) is 13.7 Å². The van der Waals surface area contributed by atoms with E-state index in [4.69, 9.17) is 10.5 Å². The first-order valence-corrected chi connectivity index (χ1v) is 7.89. The Labute approximate surface area is 149 Å². The number of halogens is 1. The molecule has 0 aliphatic rings. The van der Waals surface area contributed by atoms with Gasteiger partial charge in [-0.05, 0) is 36.1 Å². The Balaban J connectivity index is 0.00000288. The molecule has 0 fully saturated rings. The van der Waals surface area contributed by atoms with Crippen molar-refractivity contribution < 1.29 is 9.53 Å². The lowest BCUT2D eigenvalue weighted by molar-refractivity contribution is -0.121. The average Bonchev–Trinajstić information content (AvgIpc) is 2.60. The topological polar surface area (TPSA) is 64.3 Å². The summed E-state index contributed by atoms with van der Waals surface area (Å²) in [7, 11) is 1.66. The molecule has 0 aromatic heterocycles. The van der Waals surface area contributed by atoms with Crippen LogP contribution in [-0.4, -0.2) is 19.6 Å². The van der Waals surface area contributed by atoms with E-state index in [1.54, 1.807) is 7.11 Å². The molecule has 2 aromatic rings. The maximum Gasteiger partial charge on any atom is 0.221 e. The van der Waals surface area contributed by atoms with Crippen molar-refractivity contribution >= 4 is 18.3 Å². The van der Waals surface area contributed by atoms with Crippen LogP contribution in [0.15, 0.2) is 54.6 Å². The summed E-state index contributed by atoms with van der Waals surface area (Å²) in [5, 5.41) is 2.93. The largest absolute Gasteiger partial charge is 0.497 e. The molecule has 4 nitrogen and oxygen atoms in total. The van der Waals surface area contributed by atoms with E-state index in [9.17, 15) is 4.79 Å². The van der Waals surface area contributed by atoms with E-state index in [-0.39, 0.29) is 24.4 Å². The molecular weight excluding hydrogens is 324 g/mol. The monoisotopic (exact) mass is 348 g/mol. The minimum absolute atomic E-state index is 0. The Morgan fingerprint density at radius 1 is 1.12 bits per heavy atom. The van der Waals surface area contributed by atoms with Crippen LogP contribution >= 0.6 is 12.4 Å². The summed E-state index contributed by atoms with van der Waals surface area (Å²) in [5.41, 5.74) is 8.27. The van der Waals surface area contributed by atoms with Crippen LogP contribution in [0.2, 0.25) is 0 Å². The fraction of sp³-hybridized carbons (Fsp3) is 0.316. The summed E-state index contributed by atoms with van der Waals surface area (Å²) in [6.45, 7) is 0.659. The lowest BCUT2D eigenvalue weighted by Crippen LogP contribution is -2.28. The highest BCUT2D eigenvalue weighted by molar-refractivity contribution is 5.85. The minimum Gasteiger partial charge on any atom is -0.497 e. The summed E-state index contributed by atoms with van der Waals surface area (Å²) in [4.78, 5) is 11.9. The SMILES string of the molecule is COc1ccc(CCCNC(=O)CC(N)c2ccccc2)cc1.Cl. The molecule has 0 radical (unpaired) electrons. The summed E-state index contributed by atoms with van der Waals surface area (Å²) < 4.78 is 5.13. The van der Waals surface area contributed by atoms with Crippen molar-refractivity contribution in [3.63, 3.8) is 0 Å². The molecule has 0 aliphatic carbocycles. The van der Waals surface area contributed by atoms with E-state index in [0.717, 1.165) is 24.2 Å². The molecule has 24 heavy (non-hydrogen) atoms. The van der Waals surface area contributed by atoms with Crippen molar-refractivity contribution in [3.8, 4) is 5.75 Å². The molecule has 0 heterocycles. The maximum absolute atomic E-state index is 11.9. The van der Waals surface area contributed by atoms with E-state index < -0.39 is 0 Å². The Morgan fingerprint density at radius 3 is 2.42 bits per heavy atom. The molecule has 3 N–H and O–H groups in total. The summed E-state index contributed by atoms with van der Waals surface area (Å²) >= 11 is 0. The smallest absolute Gasteiger partial charge is 0.221 e. The fourth-order valence-electron chi connectivity index (χ4n) is 2.40. The van der Waals surface area contributed by atoms with Gasteiger partial charge in [0.25, 0.3) is 0 Å². The molecule has 2 rings (SSSR count). The van der Waals surface area contributed by atoms with E-state index >= 15 is 0 Å². The number of nitrogens with one attached hydrogen (secondary N) is 1. The third kappa shape index (κ3) is 6.60. The number of aryl methyl sites for hydroxylation is 1. The van der Waals surface area contributed by atoms with Crippen LogP contribution in [-0.2, 0) is 11.2 Å². The maximum atomic E-state index is 11.9. The van der Waals surface area contributed by atoms with Crippen LogP contribution in [0.4, 0.5) is 0 Å². The quantitative estimate of drug-likeness (QED) is 0.720. The van der Waals surface area contributed by atoms with Crippen LogP contribution in [0.3, 0.4) is 0 Å². The number of ether oxygens (including phenoxy) is 1. The van der Waals surface area contributed by atoms with Gasteiger partial charge in [0.15, 0.2) is 0 Å². The first kappa shape index (κ1) is 20.0. The van der Waals surface area contributed by atoms with Gasteiger partial charge in [-0.15, -0.1) is 12.4 Å². The number of carbonyl (C=O) groups excluding carboxylic acids is 1. The number of hydrogen-bond acceptors (Lipinski definition) is 3. The second-order valence-corrected chi connectivity index (χ2v) is 5.52. The van der Waals surface area contributed by atoms with Crippen LogP contribution in [0.1, 0.15) is 30.0 Å². The highest BCUT2D eigenvalue weighted by Gasteiger charge is 2.10. The van der Waals surface area contributed by atoms with Crippen LogP contribution in [0.5, 0.6) is 5.75 Å². The summed E-state index contributed by atoms with van der Waals surface area (Å²) in [6, 6.07) is 17.4. The van der Waals surface area contributed by atoms with Crippen molar-refractivity contribution in [2.24, 2.45) is 5.73 Å². The predicted molar refractivity (Wildman–Crippen MR) is 99.6 cm³/mol. The zero-order chi connectivity index (χ0) is 16.5. The van der Waals surface area contributed by atoms with Crippen LogP contribution in [0.25, 0.3) is 0 Å². The lowest BCUT2D eigenvalue weighted by atomic mass is 10.0.